The van der Waals surface area contributed by atoms with Gasteiger partial charge in [0.05, 0.1) is 33.6 Å². The largest absolute Gasteiger partial charge is 0.468 e. The zero-order valence-corrected chi connectivity index (χ0v) is 32.3. The minimum Gasteiger partial charge on any atom is -0.468 e. The van der Waals surface area contributed by atoms with Crippen molar-refractivity contribution >= 4 is 45.2 Å². The standard InChI is InChI=1S/C42H44ClFN6O5/c1-8-30-33(43)12-9-26-13-29(54-23-52-7)14-31(34(26)30)36-35(44)37-32(17-45-36)38(48-20-27-10-11-28(21-48)50(27)40(51)55-41(4,5)6)47-39(46-37)53-22-42-15-24(2)18-49(42)19-25(3)16-42/h1,9,12-14,17,27-28H,2-3,10-11,15-16,18-23H2,4-7H3. The summed E-state index contributed by atoms with van der Waals surface area (Å²) in [7, 11) is 1.52. The van der Waals surface area contributed by atoms with Crippen LogP contribution in [0.25, 0.3) is 32.9 Å². The maximum absolute atomic E-state index is 17.4. The molecule has 0 spiro atoms. The number of pyridine rings is 1. The number of nitrogens with zero attached hydrogens (tertiary/aromatic N) is 6. The summed E-state index contributed by atoms with van der Waals surface area (Å²) >= 11 is 6.59. The Morgan fingerprint density at radius 3 is 2.45 bits per heavy atom. The number of amides is 1. The lowest BCUT2D eigenvalue weighted by Crippen LogP contribution is -2.57. The number of benzene rings is 2. The van der Waals surface area contributed by atoms with E-state index in [-0.39, 0.29) is 54.3 Å². The van der Waals surface area contributed by atoms with Crippen LogP contribution in [0.1, 0.15) is 52.0 Å². The zero-order valence-electron chi connectivity index (χ0n) is 31.6. The van der Waals surface area contributed by atoms with Crippen LogP contribution in [0.4, 0.5) is 15.0 Å². The van der Waals surface area contributed by atoms with Crippen molar-refractivity contribution in [3.8, 4) is 35.4 Å². The molecule has 2 atom stereocenters. The van der Waals surface area contributed by atoms with Gasteiger partial charge in [-0.1, -0.05) is 47.9 Å². The molecule has 2 aromatic heterocycles. The summed E-state index contributed by atoms with van der Waals surface area (Å²) in [5, 5.41) is 2.00. The molecule has 4 aliphatic heterocycles. The average Bonchev–Trinajstić information content (AvgIpc) is 3.71. The van der Waals surface area contributed by atoms with E-state index in [2.05, 4.69) is 28.9 Å². The lowest BCUT2D eigenvalue weighted by Gasteiger charge is -2.42. The number of anilines is 1. The first-order valence-electron chi connectivity index (χ1n) is 18.5. The predicted octanol–water partition coefficient (Wildman–Crippen LogP) is 7.53. The van der Waals surface area contributed by atoms with Crippen LogP contribution >= 0.6 is 11.6 Å². The predicted molar refractivity (Wildman–Crippen MR) is 210 cm³/mol. The molecule has 8 rings (SSSR count). The lowest BCUT2D eigenvalue weighted by atomic mass is 9.92. The highest BCUT2D eigenvalue weighted by atomic mass is 35.5. The molecule has 2 unspecified atom stereocenters. The summed E-state index contributed by atoms with van der Waals surface area (Å²) in [6, 6.07) is 6.78. The van der Waals surface area contributed by atoms with Crippen molar-refractivity contribution in [1.82, 2.24) is 24.8 Å². The molecule has 4 aliphatic rings. The van der Waals surface area contributed by atoms with Crippen molar-refractivity contribution in [1.29, 1.82) is 0 Å². The number of carbonyl (C=O) groups excluding carboxylic acids is 1. The third kappa shape index (κ3) is 6.72. The second-order valence-electron chi connectivity index (χ2n) is 16.1. The Hall–Kier alpha value is -4.96. The fraction of sp³-hybridized carbons (Fsp3) is 0.429. The van der Waals surface area contributed by atoms with Crippen LogP contribution in [0.15, 0.2) is 54.8 Å². The molecule has 0 aliphatic carbocycles. The molecule has 4 aromatic rings. The molecule has 0 radical (unpaired) electrons. The molecule has 286 valence electrons. The highest BCUT2D eigenvalue weighted by Gasteiger charge is 2.48. The molecular formula is C42H44ClFN6O5. The van der Waals surface area contributed by atoms with E-state index in [0.29, 0.717) is 57.0 Å². The smallest absolute Gasteiger partial charge is 0.410 e. The van der Waals surface area contributed by atoms with Crippen LogP contribution in [-0.4, -0.2) is 101 Å². The number of terminal acetylenes is 1. The number of aromatic nitrogens is 3. The fourth-order valence-electron chi connectivity index (χ4n) is 8.81. The maximum atomic E-state index is 17.4. The monoisotopic (exact) mass is 766 g/mol. The van der Waals surface area contributed by atoms with Crippen LogP contribution < -0.4 is 14.4 Å². The van der Waals surface area contributed by atoms with Gasteiger partial charge in [0, 0.05) is 50.4 Å². The van der Waals surface area contributed by atoms with Gasteiger partial charge in [-0.15, -0.1) is 6.42 Å². The van der Waals surface area contributed by atoms with Crippen molar-refractivity contribution in [3.05, 3.63) is 71.2 Å². The Balaban J connectivity index is 1.25. The Kier molecular flexibility index (Phi) is 9.39. The number of ether oxygens (including phenoxy) is 4. The number of halogens is 2. The number of hydrogen-bond donors (Lipinski definition) is 0. The molecule has 2 bridgehead atoms. The van der Waals surface area contributed by atoms with Gasteiger partial charge >= 0.3 is 12.1 Å². The van der Waals surface area contributed by atoms with E-state index in [1.54, 1.807) is 30.5 Å². The molecule has 55 heavy (non-hydrogen) atoms. The van der Waals surface area contributed by atoms with Crippen LogP contribution in [0.3, 0.4) is 0 Å². The van der Waals surface area contributed by atoms with Crippen molar-refractivity contribution in [2.45, 2.75) is 69.7 Å². The van der Waals surface area contributed by atoms with Crippen molar-refractivity contribution in [2.75, 3.05) is 51.6 Å². The van der Waals surface area contributed by atoms with E-state index >= 15 is 4.39 Å². The zero-order chi connectivity index (χ0) is 38.8. The number of rotatable bonds is 8. The minimum absolute atomic E-state index is 0.00787. The first-order valence-corrected chi connectivity index (χ1v) is 18.8. The van der Waals surface area contributed by atoms with E-state index < -0.39 is 11.4 Å². The Morgan fingerprint density at radius 2 is 1.80 bits per heavy atom. The highest BCUT2D eigenvalue weighted by molar-refractivity contribution is 6.33. The average molecular weight is 767 g/mol. The van der Waals surface area contributed by atoms with Gasteiger partial charge in [-0.3, -0.25) is 14.8 Å². The number of piperazine rings is 1. The van der Waals surface area contributed by atoms with E-state index in [4.69, 9.17) is 51.9 Å². The number of methoxy groups -OCH3 is 1. The van der Waals surface area contributed by atoms with Gasteiger partial charge in [-0.25, -0.2) is 9.18 Å². The summed E-state index contributed by atoms with van der Waals surface area (Å²) in [5.41, 5.74) is 2.15. The summed E-state index contributed by atoms with van der Waals surface area (Å²) in [6.45, 7) is 16.8. The molecule has 11 nitrogen and oxygen atoms in total. The first kappa shape index (κ1) is 37.0. The normalized spacial score (nSPS) is 20.7. The summed E-state index contributed by atoms with van der Waals surface area (Å²) in [6.07, 6.45) is 10.4. The quantitative estimate of drug-likeness (QED) is 0.102. The molecule has 0 N–H and O–H groups in total. The molecule has 2 aromatic carbocycles. The number of carbonyl (C=O) groups is 1. The third-order valence-corrected chi connectivity index (χ3v) is 11.3. The Labute approximate surface area is 325 Å². The maximum Gasteiger partial charge on any atom is 0.410 e. The highest BCUT2D eigenvalue weighted by Crippen LogP contribution is 2.44. The van der Waals surface area contributed by atoms with Gasteiger partial charge in [0.15, 0.2) is 12.6 Å². The van der Waals surface area contributed by atoms with Crippen molar-refractivity contribution < 1.29 is 28.1 Å². The number of hydrogen-bond acceptors (Lipinski definition) is 10. The van der Waals surface area contributed by atoms with E-state index in [9.17, 15) is 4.79 Å². The second kappa shape index (κ2) is 14.0. The molecule has 13 heteroatoms. The van der Waals surface area contributed by atoms with Gasteiger partial charge in [-0.2, -0.15) is 9.97 Å². The van der Waals surface area contributed by atoms with E-state index in [0.717, 1.165) is 49.9 Å². The Morgan fingerprint density at radius 1 is 1.09 bits per heavy atom. The topological polar surface area (TPSA) is 102 Å². The van der Waals surface area contributed by atoms with Crippen LogP contribution in [0.2, 0.25) is 5.02 Å². The molecule has 4 fully saturated rings. The summed E-state index contributed by atoms with van der Waals surface area (Å²) < 4.78 is 40.6. The first-order chi connectivity index (χ1) is 26.3. The third-order valence-electron chi connectivity index (χ3n) is 10.9. The van der Waals surface area contributed by atoms with Crippen LogP contribution in [0, 0.1) is 18.2 Å². The van der Waals surface area contributed by atoms with Gasteiger partial charge in [0.1, 0.15) is 35.0 Å². The van der Waals surface area contributed by atoms with Gasteiger partial charge < -0.3 is 23.8 Å². The lowest BCUT2D eigenvalue weighted by molar-refractivity contribution is 0.0122. The molecule has 6 heterocycles. The van der Waals surface area contributed by atoms with Crippen LogP contribution in [0.5, 0.6) is 11.8 Å². The minimum atomic E-state index is -0.683. The van der Waals surface area contributed by atoms with Crippen molar-refractivity contribution in [2.24, 2.45) is 0 Å². The van der Waals surface area contributed by atoms with Gasteiger partial charge in [0.25, 0.3) is 0 Å². The molecular weight excluding hydrogens is 723 g/mol. The summed E-state index contributed by atoms with van der Waals surface area (Å²) in [4.78, 5) is 34.0. The SMILES string of the molecule is C#Cc1c(Cl)ccc2cc(OCOC)cc(-c3ncc4c(N5CC6CCC(C5)N6C(=O)OC(C)(C)C)nc(OCC56CC(=C)CN5CC(=C)C6)nc4c3F)c12. The van der Waals surface area contributed by atoms with Gasteiger partial charge in [0.2, 0.25) is 0 Å². The molecule has 1 amide bonds. The molecule has 0 saturated carbocycles. The fourth-order valence-corrected chi connectivity index (χ4v) is 9.02. The van der Waals surface area contributed by atoms with Crippen molar-refractivity contribution in [3.63, 3.8) is 0 Å². The second-order valence-corrected chi connectivity index (χ2v) is 16.5. The summed E-state index contributed by atoms with van der Waals surface area (Å²) in [5.74, 6) is 2.91. The van der Waals surface area contributed by atoms with Gasteiger partial charge in [-0.05, 0) is 70.0 Å². The Bertz CT molecular complexity index is 2270. The van der Waals surface area contributed by atoms with E-state index in [1.807, 2.05) is 25.7 Å². The molecule has 4 saturated heterocycles. The number of fused-ring (bicyclic) bond motifs is 5. The van der Waals surface area contributed by atoms with E-state index in [1.165, 1.54) is 7.11 Å². The van der Waals surface area contributed by atoms with Crippen LogP contribution in [-0.2, 0) is 9.47 Å².